The van der Waals surface area contributed by atoms with E-state index in [1.165, 1.54) is 12.7 Å². The number of hydrogen-bond donors (Lipinski definition) is 0. The van der Waals surface area contributed by atoms with Gasteiger partial charge < -0.3 is 4.74 Å². The summed E-state index contributed by atoms with van der Waals surface area (Å²) < 4.78 is 4.61. The van der Waals surface area contributed by atoms with E-state index in [0.29, 0.717) is 17.5 Å². The molecular weight excluding hydrogens is 276 g/mol. The number of hydrogen-bond acceptors (Lipinski definition) is 3. The van der Waals surface area contributed by atoms with Crippen LogP contribution in [0.1, 0.15) is 40.7 Å². The molecule has 0 fully saturated rings. The average molecular weight is 296 g/mol. The molecule has 0 atom stereocenters. The van der Waals surface area contributed by atoms with Crippen LogP contribution in [0.5, 0.6) is 0 Å². The Hall–Kier alpha value is -2.42. The van der Waals surface area contributed by atoms with Crippen LogP contribution in [0.2, 0.25) is 0 Å². The maximum absolute atomic E-state index is 12.3. The van der Waals surface area contributed by atoms with Gasteiger partial charge in [-0.25, -0.2) is 0 Å². The van der Waals surface area contributed by atoms with Crippen molar-refractivity contribution in [2.24, 2.45) is 0 Å². The number of unbranched alkanes of at least 4 members (excludes halogenated alkanes) is 1. The minimum absolute atomic E-state index is 0.0397. The van der Waals surface area contributed by atoms with Gasteiger partial charge in [-0.2, -0.15) is 0 Å². The fraction of sp³-hybridized carbons (Fsp3) is 0.263. The SMILES string of the molecule is COC(=O)CCCCc1ccc(C(=O)c2ccccc2)cc1. The third kappa shape index (κ3) is 4.55. The molecule has 2 aromatic carbocycles. The van der Waals surface area contributed by atoms with Crippen molar-refractivity contribution in [3.05, 3.63) is 71.3 Å². The second-order valence-corrected chi connectivity index (χ2v) is 5.18. The van der Waals surface area contributed by atoms with Gasteiger partial charge in [0.15, 0.2) is 5.78 Å². The molecule has 0 saturated carbocycles. The summed E-state index contributed by atoms with van der Waals surface area (Å²) in [5, 5.41) is 0. The minimum Gasteiger partial charge on any atom is -0.469 e. The van der Waals surface area contributed by atoms with Gasteiger partial charge >= 0.3 is 5.97 Å². The van der Waals surface area contributed by atoms with Crippen molar-refractivity contribution in [3.8, 4) is 0 Å². The van der Waals surface area contributed by atoms with Crippen LogP contribution in [-0.4, -0.2) is 18.9 Å². The van der Waals surface area contributed by atoms with Gasteiger partial charge in [0.25, 0.3) is 0 Å². The van der Waals surface area contributed by atoms with E-state index in [1.54, 1.807) is 0 Å². The van der Waals surface area contributed by atoms with Crippen molar-refractivity contribution < 1.29 is 14.3 Å². The first-order valence-electron chi connectivity index (χ1n) is 7.46. The summed E-state index contributed by atoms with van der Waals surface area (Å²) in [6, 6.07) is 17.0. The molecule has 0 unspecified atom stereocenters. The molecule has 0 aromatic heterocycles. The van der Waals surface area contributed by atoms with Gasteiger partial charge in [0, 0.05) is 17.5 Å². The smallest absolute Gasteiger partial charge is 0.305 e. The number of rotatable bonds is 7. The molecule has 0 saturated heterocycles. The molecule has 0 radical (unpaired) electrons. The van der Waals surface area contributed by atoms with Crippen LogP contribution in [0.15, 0.2) is 54.6 Å². The largest absolute Gasteiger partial charge is 0.469 e. The molecule has 2 aromatic rings. The lowest BCUT2D eigenvalue weighted by Crippen LogP contribution is -2.01. The molecule has 3 nitrogen and oxygen atoms in total. The second-order valence-electron chi connectivity index (χ2n) is 5.18. The van der Waals surface area contributed by atoms with Gasteiger partial charge in [-0.1, -0.05) is 54.6 Å². The summed E-state index contributed by atoms with van der Waals surface area (Å²) in [5.41, 5.74) is 2.58. The molecule has 0 heterocycles. The maximum Gasteiger partial charge on any atom is 0.305 e. The summed E-state index contributed by atoms with van der Waals surface area (Å²) in [7, 11) is 1.41. The van der Waals surface area contributed by atoms with Crippen LogP contribution in [0.3, 0.4) is 0 Å². The fourth-order valence-electron chi connectivity index (χ4n) is 2.28. The minimum atomic E-state index is -0.163. The average Bonchev–Trinajstić information content (AvgIpc) is 2.59. The van der Waals surface area contributed by atoms with Gasteiger partial charge in [0.05, 0.1) is 7.11 Å². The third-order valence-corrected chi connectivity index (χ3v) is 3.58. The molecule has 0 aliphatic carbocycles. The summed E-state index contributed by atoms with van der Waals surface area (Å²) in [4.78, 5) is 23.3. The number of ether oxygens (including phenoxy) is 1. The van der Waals surface area contributed by atoms with Crippen molar-refractivity contribution in [2.45, 2.75) is 25.7 Å². The molecule has 0 N–H and O–H groups in total. The van der Waals surface area contributed by atoms with E-state index >= 15 is 0 Å². The number of esters is 1. The highest BCUT2D eigenvalue weighted by Gasteiger charge is 2.08. The zero-order valence-corrected chi connectivity index (χ0v) is 12.7. The van der Waals surface area contributed by atoms with E-state index in [9.17, 15) is 9.59 Å². The number of benzene rings is 2. The maximum atomic E-state index is 12.3. The van der Waals surface area contributed by atoms with Gasteiger partial charge in [0.2, 0.25) is 0 Å². The molecule has 0 spiro atoms. The highest BCUT2D eigenvalue weighted by Crippen LogP contribution is 2.13. The standard InChI is InChI=1S/C19H20O3/c1-22-18(20)10-6-5-7-15-11-13-17(14-12-15)19(21)16-8-3-2-4-9-16/h2-4,8-9,11-14H,5-7,10H2,1H3. The van der Waals surface area contributed by atoms with Crippen molar-refractivity contribution in [1.29, 1.82) is 0 Å². The Morgan fingerprint density at radius 1 is 0.864 bits per heavy atom. The number of ketones is 1. The molecule has 0 aliphatic rings. The second kappa shape index (κ2) is 8.13. The highest BCUT2D eigenvalue weighted by atomic mass is 16.5. The van der Waals surface area contributed by atoms with E-state index in [4.69, 9.17) is 0 Å². The van der Waals surface area contributed by atoms with E-state index in [-0.39, 0.29) is 11.8 Å². The molecule has 114 valence electrons. The van der Waals surface area contributed by atoms with Crippen molar-refractivity contribution in [1.82, 2.24) is 0 Å². The van der Waals surface area contributed by atoms with Gasteiger partial charge in [-0.3, -0.25) is 9.59 Å². The van der Waals surface area contributed by atoms with Gasteiger partial charge in [-0.15, -0.1) is 0 Å². The first-order valence-corrected chi connectivity index (χ1v) is 7.46. The van der Waals surface area contributed by atoms with Crippen molar-refractivity contribution in [3.63, 3.8) is 0 Å². The Morgan fingerprint density at radius 2 is 1.50 bits per heavy atom. The molecule has 0 amide bonds. The lowest BCUT2D eigenvalue weighted by atomic mass is 10.0. The molecule has 0 aliphatic heterocycles. The fourth-order valence-corrected chi connectivity index (χ4v) is 2.28. The molecule has 0 bridgehead atoms. The zero-order valence-electron chi connectivity index (χ0n) is 12.7. The lowest BCUT2D eigenvalue weighted by Gasteiger charge is -2.04. The zero-order chi connectivity index (χ0) is 15.8. The number of carbonyl (C=O) groups is 2. The highest BCUT2D eigenvalue weighted by molar-refractivity contribution is 6.08. The Balaban J connectivity index is 1.88. The number of aryl methyl sites for hydroxylation is 1. The first-order chi connectivity index (χ1) is 10.7. The lowest BCUT2D eigenvalue weighted by molar-refractivity contribution is -0.140. The van der Waals surface area contributed by atoms with Crippen LogP contribution in [0.4, 0.5) is 0 Å². The summed E-state index contributed by atoms with van der Waals surface area (Å²) in [6.07, 6.45) is 3.11. The Labute approximate surface area is 130 Å². The van der Waals surface area contributed by atoms with Crippen LogP contribution < -0.4 is 0 Å². The van der Waals surface area contributed by atoms with Gasteiger partial charge in [0.1, 0.15) is 0 Å². The molecule has 2 rings (SSSR count). The molecular formula is C19H20O3. The van der Waals surface area contributed by atoms with E-state index < -0.39 is 0 Å². The quantitative estimate of drug-likeness (QED) is 0.443. The Kier molecular flexibility index (Phi) is 5.90. The summed E-state index contributed by atoms with van der Waals surface area (Å²) >= 11 is 0. The Morgan fingerprint density at radius 3 is 2.14 bits per heavy atom. The predicted molar refractivity (Wildman–Crippen MR) is 85.9 cm³/mol. The van der Waals surface area contributed by atoms with Crippen LogP contribution in [0, 0.1) is 0 Å². The van der Waals surface area contributed by atoms with Crippen LogP contribution in [0.25, 0.3) is 0 Å². The summed E-state index contributed by atoms with van der Waals surface area (Å²) in [6.45, 7) is 0. The van der Waals surface area contributed by atoms with E-state index in [1.807, 2.05) is 54.6 Å². The summed E-state index contributed by atoms with van der Waals surface area (Å²) in [5.74, 6) is -0.123. The first kappa shape index (κ1) is 16.0. The molecule has 22 heavy (non-hydrogen) atoms. The van der Waals surface area contributed by atoms with Crippen LogP contribution in [-0.2, 0) is 16.0 Å². The van der Waals surface area contributed by atoms with E-state index in [2.05, 4.69) is 4.74 Å². The topological polar surface area (TPSA) is 43.4 Å². The van der Waals surface area contributed by atoms with Crippen molar-refractivity contribution >= 4 is 11.8 Å². The van der Waals surface area contributed by atoms with Crippen molar-refractivity contribution in [2.75, 3.05) is 7.11 Å². The predicted octanol–water partition coefficient (Wildman–Crippen LogP) is 3.80. The number of carbonyl (C=O) groups excluding carboxylic acids is 2. The van der Waals surface area contributed by atoms with E-state index in [0.717, 1.165) is 19.3 Å². The molecule has 3 heteroatoms. The number of methoxy groups -OCH3 is 1. The third-order valence-electron chi connectivity index (χ3n) is 3.58. The van der Waals surface area contributed by atoms with Gasteiger partial charge in [-0.05, 0) is 24.8 Å². The Bertz CT molecular complexity index is 615. The van der Waals surface area contributed by atoms with Crippen LogP contribution >= 0.6 is 0 Å². The normalized spacial score (nSPS) is 10.2. The monoisotopic (exact) mass is 296 g/mol.